The predicted molar refractivity (Wildman–Crippen MR) is 60.4 cm³/mol. The molecule has 1 nitrogen and oxygen atoms in total. The van der Waals surface area contributed by atoms with Crippen LogP contribution < -0.4 is 5.32 Å². The van der Waals surface area contributed by atoms with Crippen LogP contribution in [0.1, 0.15) is 12.5 Å². The van der Waals surface area contributed by atoms with Crippen molar-refractivity contribution in [1.82, 2.24) is 5.32 Å². The van der Waals surface area contributed by atoms with Gasteiger partial charge in [0.2, 0.25) is 0 Å². The summed E-state index contributed by atoms with van der Waals surface area (Å²) in [7, 11) is 2.00. The van der Waals surface area contributed by atoms with Gasteiger partial charge in [-0.2, -0.15) is 0 Å². The molecule has 1 N–H and O–H groups in total. The highest BCUT2D eigenvalue weighted by Crippen LogP contribution is 2.18. The van der Waals surface area contributed by atoms with Crippen LogP contribution in [-0.2, 0) is 0 Å². The number of rotatable bonds is 4. The molecule has 1 rings (SSSR count). The summed E-state index contributed by atoms with van der Waals surface area (Å²) < 4.78 is 0. The van der Waals surface area contributed by atoms with Gasteiger partial charge in [-0.1, -0.05) is 17.7 Å². The second-order valence-electron chi connectivity index (χ2n) is 3.31. The molecule has 1 unspecified atom stereocenters. The SMILES string of the molecule is CNC(C)CSc1ccc(C)cc1. The number of hydrogen-bond donors (Lipinski definition) is 1. The van der Waals surface area contributed by atoms with Gasteiger partial charge in [0, 0.05) is 16.7 Å². The predicted octanol–water partition coefficient (Wildman–Crippen LogP) is 2.70. The molecule has 0 aliphatic carbocycles. The van der Waals surface area contributed by atoms with Gasteiger partial charge in [0.05, 0.1) is 0 Å². The molecule has 0 heterocycles. The molecule has 0 saturated carbocycles. The Morgan fingerprint density at radius 1 is 1.31 bits per heavy atom. The zero-order valence-corrected chi connectivity index (χ0v) is 9.32. The zero-order chi connectivity index (χ0) is 9.68. The molecule has 0 saturated heterocycles. The number of thioether (sulfide) groups is 1. The summed E-state index contributed by atoms with van der Waals surface area (Å²) in [5.74, 6) is 1.12. The van der Waals surface area contributed by atoms with Gasteiger partial charge in [-0.3, -0.25) is 0 Å². The highest BCUT2D eigenvalue weighted by molar-refractivity contribution is 7.99. The van der Waals surface area contributed by atoms with E-state index in [-0.39, 0.29) is 0 Å². The lowest BCUT2D eigenvalue weighted by Crippen LogP contribution is -2.23. The van der Waals surface area contributed by atoms with E-state index in [2.05, 4.69) is 43.4 Å². The van der Waals surface area contributed by atoms with Crippen LogP contribution >= 0.6 is 11.8 Å². The maximum absolute atomic E-state index is 3.23. The van der Waals surface area contributed by atoms with Gasteiger partial charge >= 0.3 is 0 Å². The minimum Gasteiger partial charge on any atom is -0.316 e. The van der Waals surface area contributed by atoms with E-state index < -0.39 is 0 Å². The van der Waals surface area contributed by atoms with Crippen molar-refractivity contribution in [2.45, 2.75) is 24.8 Å². The lowest BCUT2D eigenvalue weighted by Gasteiger charge is -2.08. The third-order valence-corrected chi connectivity index (χ3v) is 3.29. The summed E-state index contributed by atoms with van der Waals surface area (Å²) in [6, 6.07) is 9.26. The average Bonchev–Trinajstić information content (AvgIpc) is 2.16. The number of hydrogen-bond acceptors (Lipinski definition) is 2. The third-order valence-electron chi connectivity index (χ3n) is 2.01. The quantitative estimate of drug-likeness (QED) is 0.741. The van der Waals surface area contributed by atoms with Gasteiger partial charge < -0.3 is 5.32 Å². The molecule has 0 bridgehead atoms. The first kappa shape index (κ1) is 10.6. The molecule has 2 heteroatoms. The highest BCUT2D eigenvalue weighted by atomic mass is 32.2. The van der Waals surface area contributed by atoms with Crippen LogP contribution in [0.5, 0.6) is 0 Å². The Morgan fingerprint density at radius 2 is 1.92 bits per heavy atom. The smallest absolute Gasteiger partial charge is 0.0132 e. The standard InChI is InChI=1S/C11H17NS/c1-9-4-6-11(7-5-9)13-8-10(2)12-3/h4-7,10,12H,8H2,1-3H3. The molecule has 1 aromatic carbocycles. The highest BCUT2D eigenvalue weighted by Gasteiger charge is 1.98. The number of benzene rings is 1. The van der Waals surface area contributed by atoms with E-state index in [1.165, 1.54) is 10.5 Å². The number of aryl methyl sites for hydroxylation is 1. The fourth-order valence-corrected chi connectivity index (χ4v) is 1.88. The van der Waals surface area contributed by atoms with Crippen LogP contribution in [0.25, 0.3) is 0 Å². The van der Waals surface area contributed by atoms with Crippen molar-refractivity contribution in [2.24, 2.45) is 0 Å². The summed E-state index contributed by atoms with van der Waals surface area (Å²) in [6.07, 6.45) is 0. The van der Waals surface area contributed by atoms with E-state index in [1.54, 1.807) is 0 Å². The van der Waals surface area contributed by atoms with E-state index in [0.29, 0.717) is 6.04 Å². The molecule has 0 aliphatic rings. The molecule has 0 spiro atoms. The molecular formula is C11H17NS. The van der Waals surface area contributed by atoms with Crippen molar-refractivity contribution in [3.63, 3.8) is 0 Å². The third kappa shape index (κ3) is 3.83. The van der Waals surface area contributed by atoms with Crippen molar-refractivity contribution in [2.75, 3.05) is 12.8 Å². The first-order chi connectivity index (χ1) is 6.22. The lowest BCUT2D eigenvalue weighted by atomic mass is 10.2. The maximum Gasteiger partial charge on any atom is 0.0132 e. The van der Waals surface area contributed by atoms with Crippen molar-refractivity contribution in [3.8, 4) is 0 Å². The molecule has 0 fully saturated rings. The van der Waals surface area contributed by atoms with Crippen LogP contribution in [0.15, 0.2) is 29.2 Å². The Bertz CT molecular complexity index is 243. The molecule has 1 atom stereocenters. The van der Waals surface area contributed by atoms with Crippen LogP contribution in [0.3, 0.4) is 0 Å². The molecule has 1 aromatic rings. The molecule has 0 aliphatic heterocycles. The summed E-state index contributed by atoms with van der Waals surface area (Å²) in [6.45, 7) is 4.31. The van der Waals surface area contributed by atoms with Crippen molar-refractivity contribution >= 4 is 11.8 Å². The molecule has 0 aromatic heterocycles. The van der Waals surface area contributed by atoms with Gasteiger partial charge in [-0.05, 0) is 33.0 Å². The minimum atomic E-state index is 0.575. The van der Waals surface area contributed by atoms with Crippen LogP contribution in [-0.4, -0.2) is 18.8 Å². The second-order valence-corrected chi connectivity index (χ2v) is 4.41. The first-order valence-electron chi connectivity index (χ1n) is 4.59. The Hall–Kier alpha value is -0.470. The minimum absolute atomic E-state index is 0.575. The first-order valence-corrected chi connectivity index (χ1v) is 5.57. The Morgan fingerprint density at radius 3 is 2.46 bits per heavy atom. The number of nitrogens with one attached hydrogen (secondary N) is 1. The van der Waals surface area contributed by atoms with E-state index in [1.807, 2.05) is 18.8 Å². The van der Waals surface area contributed by atoms with E-state index in [9.17, 15) is 0 Å². The maximum atomic E-state index is 3.23. The van der Waals surface area contributed by atoms with Gasteiger partial charge in [0.15, 0.2) is 0 Å². The Balaban J connectivity index is 2.41. The van der Waals surface area contributed by atoms with Gasteiger partial charge in [-0.15, -0.1) is 11.8 Å². The summed E-state index contributed by atoms with van der Waals surface area (Å²) in [4.78, 5) is 1.35. The van der Waals surface area contributed by atoms with Crippen molar-refractivity contribution < 1.29 is 0 Å². The largest absolute Gasteiger partial charge is 0.316 e. The second kappa shape index (κ2) is 5.30. The molecule has 72 valence electrons. The Kier molecular flexibility index (Phi) is 4.33. The van der Waals surface area contributed by atoms with E-state index in [0.717, 1.165) is 5.75 Å². The van der Waals surface area contributed by atoms with Crippen molar-refractivity contribution in [3.05, 3.63) is 29.8 Å². The van der Waals surface area contributed by atoms with Crippen LogP contribution in [0, 0.1) is 6.92 Å². The normalized spacial score (nSPS) is 12.8. The summed E-state index contributed by atoms with van der Waals surface area (Å²) >= 11 is 1.90. The zero-order valence-electron chi connectivity index (χ0n) is 8.50. The topological polar surface area (TPSA) is 12.0 Å². The van der Waals surface area contributed by atoms with Gasteiger partial charge in [-0.25, -0.2) is 0 Å². The fraction of sp³-hybridized carbons (Fsp3) is 0.455. The molecule has 0 amide bonds. The van der Waals surface area contributed by atoms with E-state index >= 15 is 0 Å². The van der Waals surface area contributed by atoms with Crippen LogP contribution in [0.4, 0.5) is 0 Å². The lowest BCUT2D eigenvalue weighted by molar-refractivity contribution is 0.677. The van der Waals surface area contributed by atoms with E-state index in [4.69, 9.17) is 0 Å². The molecule has 0 radical (unpaired) electrons. The summed E-state index contributed by atoms with van der Waals surface area (Å²) in [5, 5.41) is 3.23. The summed E-state index contributed by atoms with van der Waals surface area (Å²) in [5.41, 5.74) is 1.33. The van der Waals surface area contributed by atoms with Crippen molar-refractivity contribution in [1.29, 1.82) is 0 Å². The Labute approximate surface area is 84.9 Å². The van der Waals surface area contributed by atoms with Crippen LogP contribution in [0.2, 0.25) is 0 Å². The fourth-order valence-electron chi connectivity index (χ4n) is 0.939. The average molecular weight is 195 g/mol. The molecular weight excluding hydrogens is 178 g/mol. The monoisotopic (exact) mass is 195 g/mol. The van der Waals surface area contributed by atoms with Gasteiger partial charge in [0.1, 0.15) is 0 Å². The van der Waals surface area contributed by atoms with Gasteiger partial charge in [0.25, 0.3) is 0 Å². The molecule has 13 heavy (non-hydrogen) atoms.